The molecule has 0 saturated carbocycles. The second-order valence-electron chi connectivity index (χ2n) is 4.62. The Labute approximate surface area is 111 Å². The zero-order valence-corrected chi connectivity index (χ0v) is 11.3. The van der Waals surface area contributed by atoms with Crippen LogP contribution in [0.5, 0.6) is 0 Å². The standard InChI is InChI=1S/C11H18F3NO3S/c1-2-3-8-19(17,18)15-6-4-9(5-7-15)10(16)11(12,13)14/h2,9-10,16H,1,3-8H2. The minimum atomic E-state index is -4.64. The van der Waals surface area contributed by atoms with Crippen LogP contribution in [0.15, 0.2) is 12.7 Å². The third-order valence-corrected chi connectivity index (χ3v) is 5.16. The van der Waals surface area contributed by atoms with E-state index < -0.39 is 28.2 Å². The Morgan fingerprint density at radius 2 is 1.89 bits per heavy atom. The summed E-state index contributed by atoms with van der Waals surface area (Å²) in [6.45, 7) is 3.48. The molecule has 112 valence electrons. The smallest absolute Gasteiger partial charge is 0.383 e. The first-order valence-electron chi connectivity index (χ1n) is 6.02. The summed E-state index contributed by atoms with van der Waals surface area (Å²) in [5.41, 5.74) is 0. The Morgan fingerprint density at radius 1 is 1.37 bits per heavy atom. The van der Waals surface area contributed by atoms with Gasteiger partial charge in [0.1, 0.15) is 0 Å². The molecule has 0 radical (unpaired) electrons. The molecule has 1 aliphatic rings. The molecule has 0 aliphatic carbocycles. The minimum absolute atomic E-state index is 0.0218. The van der Waals surface area contributed by atoms with E-state index in [1.807, 2.05) is 0 Å². The highest BCUT2D eigenvalue weighted by Crippen LogP contribution is 2.32. The summed E-state index contributed by atoms with van der Waals surface area (Å²) in [6, 6.07) is 0. The van der Waals surface area contributed by atoms with E-state index in [0.717, 1.165) is 0 Å². The highest BCUT2D eigenvalue weighted by atomic mass is 32.2. The minimum Gasteiger partial charge on any atom is -0.383 e. The van der Waals surface area contributed by atoms with E-state index >= 15 is 0 Å². The first kappa shape index (κ1) is 16.5. The van der Waals surface area contributed by atoms with Gasteiger partial charge in [-0.15, -0.1) is 6.58 Å². The second-order valence-corrected chi connectivity index (χ2v) is 6.70. The van der Waals surface area contributed by atoms with Crippen molar-refractivity contribution in [2.75, 3.05) is 18.8 Å². The van der Waals surface area contributed by atoms with Gasteiger partial charge in [0.2, 0.25) is 10.0 Å². The van der Waals surface area contributed by atoms with E-state index in [1.165, 1.54) is 10.4 Å². The number of halogens is 3. The molecule has 1 unspecified atom stereocenters. The molecule has 1 heterocycles. The van der Waals surface area contributed by atoms with Crippen LogP contribution < -0.4 is 0 Å². The third kappa shape index (κ3) is 4.47. The highest BCUT2D eigenvalue weighted by molar-refractivity contribution is 7.89. The van der Waals surface area contributed by atoms with Crippen LogP contribution >= 0.6 is 0 Å². The molecule has 1 atom stereocenters. The van der Waals surface area contributed by atoms with Crippen molar-refractivity contribution in [2.24, 2.45) is 5.92 Å². The summed E-state index contributed by atoms with van der Waals surface area (Å²) in [5, 5.41) is 9.13. The van der Waals surface area contributed by atoms with Gasteiger partial charge in [-0.1, -0.05) is 6.08 Å². The van der Waals surface area contributed by atoms with Gasteiger partial charge in [-0.3, -0.25) is 0 Å². The van der Waals surface area contributed by atoms with E-state index in [9.17, 15) is 21.6 Å². The maximum absolute atomic E-state index is 12.3. The molecule has 1 fully saturated rings. The van der Waals surface area contributed by atoms with Crippen molar-refractivity contribution in [3.8, 4) is 0 Å². The van der Waals surface area contributed by atoms with Crippen molar-refractivity contribution in [3.05, 3.63) is 12.7 Å². The first-order chi connectivity index (χ1) is 8.68. The van der Waals surface area contributed by atoms with Crippen LogP contribution in [0.3, 0.4) is 0 Å². The monoisotopic (exact) mass is 301 g/mol. The number of hydrogen-bond donors (Lipinski definition) is 1. The van der Waals surface area contributed by atoms with Crippen LogP contribution in [-0.4, -0.2) is 49.0 Å². The molecule has 1 N–H and O–H groups in total. The molecule has 0 amide bonds. The summed E-state index contributed by atoms with van der Waals surface area (Å²) < 4.78 is 61.8. The molecular formula is C11H18F3NO3S. The van der Waals surface area contributed by atoms with E-state index in [-0.39, 0.29) is 31.7 Å². The SMILES string of the molecule is C=CCCS(=O)(=O)N1CCC(C(O)C(F)(F)F)CC1. The Balaban J connectivity index is 2.56. The molecule has 0 bridgehead atoms. The number of sulfonamides is 1. The normalized spacial score (nSPS) is 21.3. The number of piperidine rings is 1. The third-order valence-electron chi connectivity index (χ3n) is 3.25. The van der Waals surface area contributed by atoms with Gasteiger partial charge in [-0.05, 0) is 25.2 Å². The van der Waals surface area contributed by atoms with Crippen molar-refractivity contribution >= 4 is 10.0 Å². The zero-order chi connectivity index (χ0) is 14.7. The summed E-state index contributed by atoms with van der Waals surface area (Å²) in [6.07, 6.45) is -5.17. The predicted molar refractivity (Wildman–Crippen MR) is 65.0 cm³/mol. The fraction of sp³-hybridized carbons (Fsp3) is 0.818. The van der Waals surface area contributed by atoms with E-state index in [0.29, 0.717) is 6.42 Å². The number of aliphatic hydroxyl groups is 1. The molecule has 1 aliphatic heterocycles. The number of nitrogens with zero attached hydrogens (tertiary/aromatic N) is 1. The number of aliphatic hydroxyl groups excluding tert-OH is 1. The van der Waals surface area contributed by atoms with Gasteiger partial charge in [0.05, 0.1) is 5.75 Å². The lowest BCUT2D eigenvalue weighted by Gasteiger charge is -2.34. The Kier molecular flexibility index (Phi) is 5.40. The van der Waals surface area contributed by atoms with Crippen LogP contribution in [0.4, 0.5) is 13.2 Å². The molecule has 4 nitrogen and oxygen atoms in total. The Bertz CT molecular complexity index is 400. The van der Waals surface area contributed by atoms with Crippen LogP contribution in [0, 0.1) is 5.92 Å². The summed E-state index contributed by atoms with van der Waals surface area (Å²) in [5.74, 6) is -1.01. The average molecular weight is 301 g/mol. The zero-order valence-electron chi connectivity index (χ0n) is 10.4. The maximum atomic E-state index is 12.3. The lowest BCUT2D eigenvalue weighted by molar-refractivity contribution is -0.222. The fourth-order valence-electron chi connectivity index (χ4n) is 2.10. The molecule has 0 spiro atoms. The molecular weight excluding hydrogens is 283 g/mol. The summed E-state index contributed by atoms with van der Waals surface area (Å²) in [7, 11) is -3.43. The number of hydrogen-bond acceptors (Lipinski definition) is 3. The van der Waals surface area contributed by atoms with Crippen molar-refractivity contribution in [1.82, 2.24) is 4.31 Å². The summed E-state index contributed by atoms with van der Waals surface area (Å²) >= 11 is 0. The van der Waals surface area contributed by atoms with Gasteiger partial charge >= 0.3 is 6.18 Å². The second kappa shape index (κ2) is 6.23. The highest BCUT2D eigenvalue weighted by Gasteiger charge is 2.44. The van der Waals surface area contributed by atoms with Crippen molar-refractivity contribution in [3.63, 3.8) is 0 Å². The van der Waals surface area contributed by atoms with Gasteiger partial charge in [0, 0.05) is 13.1 Å². The lowest BCUT2D eigenvalue weighted by atomic mass is 9.92. The predicted octanol–water partition coefficient (Wildman–Crippen LogP) is 1.53. The van der Waals surface area contributed by atoms with E-state index in [1.54, 1.807) is 0 Å². The lowest BCUT2D eigenvalue weighted by Crippen LogP contribution is -2.45. The van der Waals surface area contributed by atoms with Gasteiger partial charge in [-0.25, -0.2) is 12.7 Å². The molecule has 1 saturated heterocycles. The largest absolute Gasteiger partial charge is 0.414 e. The quantitative estimate of drug-likeness (QED) is 0.784. The van der Waals surface area contributed by atoms with Gasteiger partial charge < -0.3 is 5.11 Å². The van der Waals surface area contributed by atoms with Gasteiger partial charge in [0.25, 0.3) is 0 Å². The van der Waals surface area contributed by atoms with Crippen LogP contribution in [0.1, 0.15) is 19.3 Å². The Morgan fingerprint density at radius 3 is 2.32 bits per heavy atom. The van der Waals surface area contributed by atoms with Gasteiger partial charge in [-0.2, -0.15) is 13.2 Å². The average Bonchev–Trinajstić information content (AvgIpc) is 2.34. The summed E-state index contributed by atoms with van der Waals surface area (Å²) in [4.78, 5) is 0. The molecule has 19 heavy (non-hydrogen) atoms. The van der Waals surface area contributed by atoms with Crippen LogP contribution in [0.25, 0.3) is 0 Å². The van der Waals surface area contributed by atoms with Crippen LogP contribution in [0.2, 0.25) is 0 Å². The number of alkyl halides is 3. The molecule has 0 aromatic rings. The van der Waals surface area contributed by atoms with Crippen molar-refractivity contribution in [2.45, 2.75) is 31.5 Å². The Hall–Kier alpha value is -0.600. The number of allylic oxidation sites excluding steroid dienone is 1. The molecule has 1 rings (SSSR count). The molecule has 0 aromatic carbocycles. The maximum Gasteiger partial charge on any atom is 0.414 e. The number of rotatable bonds is 5. The van der Waals surface area contributed by atoms with Crippen molar-refractivity contribution < 1.29 is 26.7 Å². The first-order valence-corrected chi connectivity index (χ1v) is 7.63. The van der Waals surface area contributed by atoms with E-state index in [4.69, 9.17) is 5.11 Å². The van der Waals surface area contributed by atoms with Crippen molar-refractivity contribution in [1.29, 1.82) is 0 Å². The van der Waals surface area contributed by atoms with Gasteiger partial charge in [0.15, 0.2) is 6.10 Å². The topological polar surface area (TPSA) is 57.6 Å². The van der Waals surface area contributed by atoms with Crippen LogP contribution in [-0.2, 0) is 10.0 Å². The molecule has 8 heteroatoms. The molecule has 0 aromatic heterocycles. The van der Waals surface area contributed by atoms with E-state index in [2.05, 4.69) is 6.58 Å². The fourth-order valence-corrected chi connectivity index (χ4v) is 3.59.